The third-order valence-electron chi connectivity index (χ3n) is 2.77. The van der Waals surface area contributed by atoms with Crippen LogP contribution in [0.4, 0.5) is 11.4 Å². The minimum Gasteiger partial charge on any atom is -0.481 e. The van der Waals surface area contributed by atoms with Gasteiger partial charge in [0.2, 0.25) is 0 Å². The Morgan fingerprint density at radius 3 is 2.38 bits per heavy atom. The van der Waals surface area contributed by atoms with Crippen molar-refractivity contribution < 1.29 is 9.53 Å². The molecule has 0 radical (unpaired) electrons. The van der Waals surface area contributed by atoms with Crippen molar-refractivity contribution in [3.63, 3.8) is 0 Å². The molecule has 2 aromatic carbocycles. The second kappa shape index (κ2) is 6.70. The Bertz CT molecular complexity index is 645. The summed E-state index contributed by atoms with van der Waals surface area (Å²) in [7, 11) is 0. The number of hydrogen-bond acceptors (Lipinski definition) is 3. The Kier molecular flexibility index (Phi) is 4.94. The van der Waals surface area contributed by atoms with Gasteiger partial charge in [0.15, 0.2) is 6.10 Å². The van der Waals surface area contributed by atoms with Gasteiger partial charge in [-0.3, -0.25) is 4.79 Å². The number of nitrogen functional groups attached to an aromatic ring is 1. The third-order valence-corrected chi connectivity index (χ3v) is 3.25. The fraction of sp³-hybridized carbons (Fsp3) is 0.133. The molecule has 21 heavy (non-hydrogen) atoms. The van der Waals surface area contributed by atoms with Crippen LogP contribution in [0.3, 0.4) is 0 Å². The molecule has 0 heterocycles. The summed E-state index contributed by atoms with van der Waals surface area (Å²) in [6, 6.07) is 11.6. The van der Waals surface area contributed by atoms with Gasteiger partial charge in [-0.1, -0.05) is 23.2 Å². The summed E-state index contributed by atoms with van der Waals surface area (Å²) in [6.07, 6.45) is -0.679. The lowest BCUT2D eigenvalue weighted by Crippen LogP contribution is -2.30. The predicted molar refractivity (Wildman–Crippen MR) is 86.0 cm³/mol. The number of nitrogens with two attached hydrogens (primary N) is 1. The van der Waals surface area contributed by atoms with Gasteiger partial charge in [-0.25, -0.2) is 0 Å². The zero-order chi connectivity index (χ0) is 15.4. The number of carbonyl (C=O) groups is 1. The van der Waals surface area contributed by atoms with Gasteiger partial charge >= 0.3 is 0 Å². The number of hydrogen-bond donors (Lipinski definition) is 2. The highest BCUT2D eigenvalue weighted by Crippen LogP contribution is 2.23. The second-order valence-electron chi connectivity index (χ2n) is 4.43. The SMILES string of the molecule is CC(Oc1ccc(Cl)cc1)C(=O)Nc1ccc(Cl)cc1N. The zero-order valence-electron chi connectivity index (χ0n) is 11.3. The van der Waals surface area contributed by atoms with E-state index in [1.165, 1.54) is 0 Å². The summed E-state index contributed by atoms with van der Waals surface area (Å²) >= 11 is 11.6. The molecule has 0 fully saturated rings. The van der Waals surface area contributed by atoms with Crippen molar-refractivity contribution >= 4 is 40.5 Å². The van der Waals surface area contributed by atoms with Gasteiger partial charge in [-0.05, 0) is 49.4 Å². The number of anilines is 2. The average Bonchev–Trinajstić information content (AvgIpc) is 2.44. The number of amides is 1. The van der Waals surface area contributed by atoms with Crippen LogP contribution in [0.15, 0.2) is 42.5 Å². The molecule has 6 heteroatoms. The van der Waals surface area contributed by atoms with Gasteiger partial charge in [0.05, 0.1) is 11.4 Å². The fourth-order valence-corrected chi connectivity index (χ4v) is 1.96. The molecule has 0 aliphatic carbocycles. The van der Waals surface area contributed by atoms with Gasteiger partial charge in [-0.15, -0.1) is 0 Å². The highest BCUT2D eigenvalue weighted by molar-refractivity contribution is 6.31. The Labute approximate surface area is 132 Å². The quantitative estimate of drug-likeness (QED) is 0.836. The van der Waals surface area contributed by atoms with Gasteiger partial charge in [0, 0.05) is 10.0 Å². The van der Waals surface area contributed by atoms with Crippen LogP contribution in [0.25, 0.3) is 0 Å². The lowest BCUT2D eigenvalue weighted by atomic mass is 10.2. The van der Waals surface area contributed by atoms with Crippen LogP contribution >= 0.6 is 23.2 Å². The minimum absolute atomic E-state index is 0.307. The smallest absolute Gasteiger partial charge is 0.265 e. The van der Waals surface area contributed by atoms with Crippen LogP contribution in [0.1, 0.15) is 6.92 Å². The van der Waals surface area contributed by atoms with E-state index in [0.717, 1.165) is 0 Å². The number of ether oxygens (including phenoxy) is 1. The molecule has 2 rings (SSSR count). The van der Waals surface area contributed by atoms with Gasteiger partial charge in [0.25, 0.3) is 5.91 Å². The molecule has 0 aliphatic rings. The standard InChI is InChI=1S/C15H14Cl2N2O2/c1-9(21-12-5-2-10(16)3-6-12)15(20)19-14-7-4-11(17)8-13(14)18/h2-9H,18H2,1H3,(H,19,20). The minimum atomic E-state index is -0.679. The number of halogens is 2. The lowest BCUT2D eigenvalue weighted by molar-refractivity contribution is -0.122. The molecule has 0 saturated heterocycles. The van der Waals surface area contributed by atoms with Gasteiger partial charge in [-0.2, -0.15) is 0 Å². The largest absolute Gasteiger partial charge is 0.481 e. The van der Waals surface area contributed by atoms with Crippen molar-refractivity contribution in [2.45, 2.75) is 13.0 Å². The molecular weight excluding hydrogens is 311 g/mol. The van der Waals surface area contributed by atoms with Crippen molar-refractivity contribution in [3.05, 3.63) is 52.5 Å². The highest BCUT2D eigenvalue weighted by atomic mass is 35.5. The van der Waals surface area contributed by atoms with Crippen molar-refractivity contribution in [1.29, 1.82) is 0 Å². The van der Waals surface area contributed by atoms with Crippen molar-refractivity contribution in [2.24, 2.45) is 0 Å². The normalized spacial score (nSPS) is 11.8. The number of benzene rings is 2. The molecule has 4 nitrogen and oxygen atoms in total. The third kappa shape index (κ3) is 4.28. The Hall–Kier alpha value is -1.91. The lowest BCUT2D eigenvalue weighted by Gasteiger charge is -2.15. The molecular formula is C15H14Cl2N2O2. The maximum Gasteiger partial charge on any atom is 0.265 e. The first-order valence-electron chi connectivity index (χ1n) is 6.24. The molecule has 0 spiro atoms. The number of nitrogens with one attached hydrogen (secondary N) is 1. The molecule has 1 amide bonds. The van der Waals surface area contributed by atoms with Gasteiger partial charge in [0.1, 0.15) is 5.75 Å². The fourth-order valence-electron chi connectivity index (χ4n) is 1.65. The Morgan fingerprint density at radius 2 is 1.76 bits per heavy atom. The van der Waals surface area contributed by atoms with Crippen molar-refractivity contribution in [1.82, 2.24) is 0 Å². The maximum atomic E-state index is 12.1. The van der Waals surface area contributed by atoms with Crippen LogP contribution < -0.4 is 15.8 Å². The van der Waals surface area contributed by atoms with E-state index in [1.807, 2.05) is 0 Å². The number of carbonyl (C=O) groups excluding carboxylic acids is 1. The summed E-state index contributed by atoms with van der Waals surface area (Å²) in [5.41, 5.74) is 6.68. The topological polar surface area (TPSA) is 64.3 Å². The van der Waals surface area contributed by atoms with Crippen LogP contribution in [0.5, 0.6) is 5.75 Å². The van der Waals surface area contributed by atoms with Crippen LogP contribution in [0.2, 0.25) is 10.0 Å². The van der Waals surface area contributed by atoms with Gasteiger partial charge < -0.3 is 15.8 Å². The van der Waals surface area contributed by atoms with E-state index < -0.39 is 6.10 Å². The van der Waals surface area contributed by atoms with Crippen LogP contribution in [-0.4, -0.2) is 12.0 Å². The summed E-state index contributed by atoms with van der Waals surface area (Å²) in [5.74, 6) is 0.255. The van der Waals surface area contributed by atoms with Crippen LogP contribution in [0, 0.1) is 0 Å². The molecule has 0 aromatic heterocycles. The monoisotopic (exact) mass is 324 g/mol. The highest BCUT2D eigenvalue weighted by Gasteiger charge is 2.16. The summed E-state index contributed by atoms with van der Waals surface area (Å²) in [5, 5.41) is 3.81. The molecule has 0 saturated carbocycles. The molecule has 110 valence electrons. The molecule has 0 bridgehead atoms. The van der Waals surface area contributed by atoms with E-state index >= 15 is 0 Å². The molecule has 3 N–H and O–H groups in total. The first kappa shape index (κ1) is 15.5. The second-order valence-corrected chi connectivity index (χ2v) is 5.31. The summed E-state index contributed by atoms with van der Waals surface area (Å²) < 4.78 is 5.53. The van der Waals surface area contributed by atoms with Crippen molar-refractivity contribution in [2.75, 3.05) is 11.1 Å². The van der Waals surface area contributed by atoms with E-state index in [1.54, 1.807) is 49.4 Å². The van der Waals surface area contributed by atoms with E-state index in [9.17, 15) is 4.79 Å². The predicted octanol–water partition coefficient (Wildman–Crippen LogP) is 3.98. The van der Waals surface area contributed by atoms with E-state index in [-0.39, 0.29) is 5.91 Å². The Balaban J connectivity index is 2.00. The van der Waals surface area contributed by atoms with Crippen LogP contribution in [-0.2, 0) is 4.79 Å². The molecule has 0 aliphatic heterocycles. The first-order chi connectivity index (χ1) is 9.95. The first-order valence-corrected chi connectivity index (χ1v) is 6.99. The van der Waals surface area contributed by atoms with E-state index in [4.69, 9.17) is 33.7 Å². The average molecular weight is 325 g/mol. The molecule has 2 aromatic rings. The summed E-state index contributed by atoms with van der Waals surface area (Å²) in [4.78, 5) is 12.1. The Morgan fingerprint density at radius 1 is 1.14 bits per heavy atom. The summed E-state index contributed by atoms with van der Waals surface area (Å²) in [6.45, 7) is 1.65. The van der Waals surface area contributed by atoms with E-state index in [0.29, 0.717) is 27.2 Å². The number of rotatable bonds is 4. The maximum absolute atomic E-state index is 12.1. The molecule has 1 atom stereocenters. The van der Waals surface area contributed by atoms with Crippen molar-refractivity contribution in [3.8, 4) is 5.75 Å². The van der Waals surface area contributed by atoms with E-state index in [2.05, 4.69) is 5.32 Å². The zero-order valence-corrected chi connectivity index (χ0v) is 12.8. The molecule has 1 unspecified atom stereocenters.